The maximum atomic E-state index is 13.5. The molecule has 3 amide bonds. The second-order valence-electron chi connectivity index (χ2n) is 9.09. The molecule has 2 aromatic rings. The summed E-state index contributed by atoms with van der Waals surface area (Å²) in [5.41, 5.74) is 2.05. The van der Waals surface area contributed by atoms with E-state index in [1.807, 2.05) is 37.3 Å². The van der Waals surface area contributed by atoms with Crippen LogP contribution < -0.4 is 10.1 Å². The number of morpholine rings is 1. The number of piperidine rings is 1. The zero-order chi connectivity index (χ0) is 24.8. The Bertz CT molecular complexity index is 1060. The molecule has 186 valence electrons. The number of amides is 3. The number of methoxy groups -OCH3 is 1. The summed E-state index contributed by atoms with van der Waals surface area (Å²) in [6.45, 7) is 4.97. The first-order valence-electron chi connectivity index (χ1n) is 12.1. The number of para-hydroxylation sites is 1. The topological polar surface area (TPSA) is 88.2 Å². The fourth-order valence-corrected chi connectivity index (χ4v) is 4.80. The van der Waals surface area contributed by atoms with Gasteiger partial charge in [-0.1, -0.05) is 29.8 Å². The van der Waals surface area contributed by atoms with Gasteiger partial charge in [0.2, 0.25) is 5.91 Å². The van der Waals surface area contributed by atoms with Crippen molar-refractivity contribution >= 4 is 17.7 Å². The first kappa shape index (κ1) is 24.7. The Morgan fingerprint density at radius 3 is 2.37 bits per heavy atom. The molecule has 1 atom stereocenters. The van der Waals surface area contributed by atoms with Crippen LogP contribution in [0.4, 0.5) is 0 Å². The summed E-state index contributed by atoms with van der Waals surface area (Å²) in [6.07, 6.45) is 1.24. The Hall–Kier alpha value is -3.39. The van der Waals surface area contributed by atoms with E-state index in [1.165, 1.54) is 0 Å². The third-order valence-electron chi connectivity index (χ3n) is 6.79. The second kappa shape index (κ2) is 11.4. The molecule has 2 heterocycles. The molecule has 8 heteroatoms. The standard InChI is InChI=1S/C27H33N3O5/c1-19-6-5-7-21(18-19)25(31)28-24(27(33)30-14-16-35-17-15-30)20-10-12-29(13-11-20)26(32)22-8-3-4-9-23(22)34-2/h3-9,18,20,24H,10-17H2,1-2H3,(H,28,31)/t24-/m1/s1. The van der Waals surface area contributed by atoms with Crippen molar-refractivity contribution in [2.45, 2.75) is 25.8 Å². The lowest BCUT2D eigenvalue weighted by Crippen LogP contribution is -2.56. The summed E-state index contributed by atoms with van der Waals surface area (Å²) < 4.78 is 10.8. The van der Waals surface area contributed by atoms with E-state index in [2.05, 4.69) is 5.32 Å². The Balaban J connectivity index is 1.48. The van der Waals surface area contributed by atoms with Gasteiger partial charge in [-0.25, -0.2) is 0 Å². The highest BCUT2D eigenvalue weighted by molar-refractivity contribution is 5.98. The van der Waals surface area contributed by atoms with Gasteiger partial charge in [0, 0.05) is 31.7 Å². The molecule has 2 fully saturated rings. The summed E-state index contributed by atoms with van der Waals surface area (Å²) >= 11 is 0. The highest BCUT2D eigenvalue weighted by Gasteiger charge is 2.37. The SMILES string of the molecule is COc1ccccc1C(=O)N1CCC([C@@H](NC(=O)c2cccc(C)c2)C(=O)N2CCOCC2)CC1. The smallest absolute Gasteiger partial charge is 0.257 e. The number of nitrogens with one attached hydrogen (secondary N) is 1. The van der Waals surface area contributed by atoms with Crippen molar-refractivity contribution in [1.29, 1.82) is 0 Å². The molecular formula is C27H33N3O5. The summed E-state index contributed by atoms with van der Waals surface area (Å²) in [4.78, 5) is 43.3. The van der Waals surface area contributed by atoms with Crippen molar-refractivity contribution in [3.8, 4) is 5.75 Å². The summed E-state index contributed by atoms with van der Waals surface area (Å²) in [6, 6.07) is 13.9. The molecule has 2 aliphatic heterocycles. The molecule has 2 aromatic carbocycles. The molecule has 0 aliphatic carbocycles. The quantitative estimate of drug-likeness (QED) is 0.688. The number of carbonyl (C=O) groups is 3. The lowest BCUT2D eigenvalue weighted by Gasteiger charge is -2.38. The minimum absolute atomic E-state index is 0.0687. The van der Waals surface area contributed by atoms with E-state index in [0.29, 0.717) is 69.1 Å². The fraction of sp³-hybridized carbons (Fsp3) is 0.444. The van der Waals surface area contributed by atoms with Gasteiger partial charge in [0.25, 0.3) is 11.8 Å². The van der Waals surface area contributed by atoms with Gasteiger partial charge in [0.15, 0.2) is 0 Å². The fourth-order valence-electron chi connectivity index (χ4n) is 4.80. The molecule has 0 spiro atoms. The number of hydrogen-bond acceptors (Lipinski definition) is 5. The van der Waals surface area contributed by atoms with Crippen LogP contribution in [0.15, 0.2) is 48.5 Å². The highest BCUT2D eigenvalue weighted by Crippen LogP contribution is 2.26. The summed E-state index contributed by atoms with van der Waals surface area (Å²) in [5, 5.41) is 3.03. The molecule has 0 aromatic heterocycles. The zero-order valence-corrected chi connectivity index (χ0v) is 20.4. The first-order chi connectivity index (χ1) is 17.0. The van der Waals surface area contributed by atoms with Crippen molar-refractivity contribution in [1.82, 2.24) is 15.1 Å². The van der Waals surface area contributed by atoms with Crippen molar-refractivity contribution in [2.24, 2.45) is 5.92 Å². The van der Waals surface area contributed by atoms with E-state index in [1.54, 1.807) is 35.1 Å². The maximum absolute atomic E-state index is 13.5. The van der Waals surface area contributed by atoms with Crippen LogP contribution in [0.2, 0.25) is 0 Å². The number of ether oxygens (including phenoxy) is 2. The number of likely N-dealkylation sites (tertiary alicyclic amines) is 1. The molecular weight excluding hydrogens is 446 g/mol. The lowest BCUT2D eigenvalue weighted by atomic mass is 9.87. The van der Waals surface area contributed by atoms with E-state index < -0.39 is 6.04 Å². The van der Waals surface area contributed by atoms with Gasteiger partial charge in [-0.2, -0.15) is 0 Å². The van der Waals surface area contributed by atoms with Crippen LogP contribution in [0, 0.1) is 12.8 Å². The monoisotopic (exact) mass is 479 g/mol. The van der Waals surface area contributed by atoms with Crippen molar-refractivity contribution in [3.63, 3.8) is 0 Å². The van der Waals surface area contributed by atoms with E-state index >= 15 is 0 Å². The second-order valence-corrected chi connectivity index (χ2v) is 9.09. The molecule has 1 N–H and O–H groups in total. The van der Waals surface area contributed by atoms with Gasteiger partial charge in [-0.05, 0) is 49.9 Å². The van der Waals surface area contributed by atoms with Gasteiger partial charge < -0.3 is 24.6 Å². The molecule has 35 heavy (non-hydrogen) atoms. The molecule has 0 radical (unpaired) electrons. The van der Waals surface area contributed by atoms with Crippen molar-refractivity contribution < 1.29 is 23.9 Å². The predicted molar refractivity (Wildman–Crippen MR) is 131 cm³/mol. The van der Waals surface area contributed by atoms with Gasteiger partial charge in [-0.3, -0.25) is 14.4 Å². The Morgan fingerprint density at radius 1 is 0.971 bits per heavy atom. The highest BCUT2D eigenvalue weighted by atomic mass is 16.5. The third-order valence-corrected chi connectivity index (χ3v) is 6.79. The molecule has 0 unspecified atom stereocenters. The van der Waals surface area contributed by atoms with Crippen LogP contribution in [0.5, 0.6) is 5.75 Å². The maximum Gasteiger partial charge on any atom is 0.257 e. The Labute approximate surface area is 206 Å². The van der Waals surface area contributed by atoms with E-state index in [-0.39, 0.29) is 23.6 Å². The molecule has 2 saturated heterocycles. The molecule has 0 saturated carbocycles. The predicted octanol–water partition coefficient (Wildman–Crippen LogP) is 2.51. The molecule has 2 aliphatic rings. The van der Waals surface area contributed by atoms with Crippen LogP contribution in [0.25, 0.3) is 0 Å². The number of hydrogen-bond donors (Lipinski definition) is 1. The first-order valence-corrected chi connectivity index (χ1v) is 12.1. The van der Waals surface area contributed by atoms with Crippen LogP contribution in [-0.2, 0) is 9.53 Å². The minimum Gasteiger partial charge on any atom is -0.496 e. The van der Waals surface area contributed by atoms with Crippen molar-refractivity contribution in [3.05, 3.63) is 65.2 Å². The van der Waals surface area contributed by atoms with E-state index in [9.17, 15) is 14.4 Å². The largest absolute Gasteiger partial charge is 0.496 e. The average molecular weight is 480 g/mol. The lowest BCUT2D eigenvalue weighted by molar-refractivity contribution is -0.139. The molecule has 4 rings (SSSR count). The summed E-state index contributed by atoms with van der Waals surface area (Å²) in [7, 11) is 1.55. The van der Waals surface area contributed by atoms with E-state index in [0.717, 1.165) is 5.56 Å². The Morgan fingerprint density at radius 2 is 1.69 bits per heavy atom. The third kappa shape index (κ3) is 5.82. The average Bonchev–Trinajstić information content (AvgIpc) is 2.91. The minimum atomic E-state index is -0.648. The normalized spacial score (nSPS) is 17.5. The summed E-state index contributed by atoms with van der Waals surface area (Å²) in [5.74, 6) is 0.0589. The van der Waals surface area contributed by atoms with Crippen LogP contribution in [0.3, 0.4) is 0 Å². The Kier molecular flexibility index (Phi) is 8.02. The van der Waals surface area contributed by atoms with Crippen LogP contribution in [-0.4, -0.2) is 80.1 Å². The zero-order valence-electron chi connectivity index (χ0n) is 20.4. The number of benzene rings is 2. The van der Waals surface area contributed by atoms with Gasteiger partial charge in [0.05, 0.1) is 25.9 Å². The number of nitrogens with zero attached hydrogens (tertiary/aromatic N) is 2. The van der Waals surface area contributed by atoms with Gasteiger partial charge >= 0.3 is 0 Å². The van der Waals surface area contributed by atoms with Crippen LogP contribution >= 0.6 is 0 Å². The number of carbonyl (C=O) groups excluding carboxylic acids is 3. The number of aryl methyl sites for hydroxylation is 1. The molecule has 0 bridgehead atoms. The van der Waals surface area contributed by atoms with Crippen molar-refractivity contribution in [2.75, 3.05) is 46.5 Å². The van der Waals surface area contributed by atoms with E-state index in [4.69, 9.17) is 9.47 Å². The van der Waals surface area contributed by atoms with Crippen LogP contribution in [0.1, 0.15) is 39.1 Å². The van der Waals surface area contributed by atoms with Gasteiger partial charge in [-0.15, -0.1) is 0 Å². The molecule has 8 nitrogen and oxygen atoms in total. The van der Waals surface area contributed by atoms with Gasteiger partial charge in [0.1, 0.15) is 11.8 Å². The number of rotatable bonds is 6.